The summed E-state index contributed by atoms with van der Waals surface area (Å²) >= 11 is 9.78. The molecule has 0 amide bonds. The summed E-state index contributed by atoms with van der Waals surface area (Å²) in [6.45, 7) is 5.05. The van der Waals surface area contributed by atoms with Crippen molar-refractivity contribution in [2.24, 2.45) is 0 Å². The molecule has 2 rings (SSSR count). The van der Waals surface area contributed by atoms with Gasteiger partial charge in [-0.05, 0) is 54.4 Å². The van der Waals surface area contributed by atoms with Gasteiger partial charge in [0.05, 0.1) is 0 Å². The van der Waals surface area contributed by atoms with Crippen molar-refractivity contribution >= 4 is 27.5 Å². The first-order valence-electron chi connectivity index (χ1n) is 6.91. The summed E-state index contributed by atoms with van der Waals surface area (Å²) in [4.78, 5) is 0. The topological polar surface area (TPSA) is 21.3 Å². The van der Waals surface area contributed by atoms with Gasteiger partial charge in [-0.1, -0.05) is 47.4 Å². The van der Waals surface area contributed by atoms with Crippen molar-refractivity contribution in [2.75, 3.05) is 7.05 Å². The average Bonchev–Trinajstić information content (AvgIpc) is 2.44. The number of hydrogen-bond donors (Lipinski definition) is 1. The Balaban J connectivity index is 2.28. The molecule has 0 saturated carbocycles. The molecule has 0 atom stereocenters. The standard InChI is InChI=1S/C17H19BrClNO/c1-11(2)15-8-13(18)5-7-17(15)21-14-6-4-12(10-20-3)16(19)9-14/h4-9,11,20H,10H2,1-3H3. The fourth-order valence-electron chi connectivity index (χ4n) is 2.12. The van der Waals surface area contributed by atoms with Crippen LogP contribution in [0.5, 0.6) is 11.5 Å². The number of benzene rings is 2. The zero-order chi connectivity index (χ0) is 15.4. The Kier molecular flexibility index (Phi) is 5.68. The summed E-state index contributed by atoms with van der Waals surface area (Å²) in [5, 5.41) is 3.81. The summed E-state index contributed by atoms with van der Waals surface area (Å²) in [5.41, 5.74) is 2.23. The van der Waals surface area contributed by atoms with Gasteiger partial charge in [0.2, 0.25) is 0 Å². The molecule has 0 spiro atoms. The van der Waals surface area contributed by atoms with Crippen LogP contribution < -0.4 is 10.1 Å². The van der Waals surface area contributed by atoms with Crippen molar-refractivity contribution < 1.29 is 4.74 Å². The third kappa shape index (κ3) is 4.22. The fourth-order valence-corrected chi connectivity index (χ4v) is 2.73. The molecule has 4 heteroatoms. The molecular formula is C17H19BrClNO. The Bertz CT molecular complexity index is 628. The van der Waals surface area contributed by atoms with Crippen LogP contribution in [0.4, 0.5) is 0 Å². The van der Waals surface area contributed by atoms with E-state index in [0.717, 1.165) is 28.1 Å². The lowest BCUT2D eigenvalue weighted by atomic mass is 10.0. The summed E-state index contributed by atoms with van der Waals surface area (Å²) in [6, 6.07) is 11.9. The molecule has 2 nitrogen and oxygen atoms in total. The Morgan fingerprint density at radius 3 is 2.57 bits per heavy atom. The van der Waals surface area contributed by atoms with Crippen molar-refractivity contribution in [3.05, 3.63) is 57.0 Å². The Hall–Kier alpha value is -1.03. The molecule has 0 bridgehead atoms. The Morgan fingerprint density at radius 1 is 1.19 bits per heavy atom. The quantitative estimate of drug-likeness (QED) is 0.727. The molecule has 0 aromatic heterocycles. The highest BCUT2D eigenvalue weighted by Gasteiger charge is 2.10. The van der Waals surface area contributed by atoms with Crippen LogP contribution in [-0.4, -0.2) is 7.05 Å². The molecule has 0 saturated heterocycles. The Labute approximate surface area is 139 Å². The highest BCUT2D eigenvalue weighted by atomic mass is 79.9. The summed E-state index contributed by atoms with van der Waals surface area (Å²) in [5.74, 6) is 2.01. The van der Waals surface area contributed by atoms with Gasteiger partial charge >= 0.3 is 0 Å². The van der Waals surface area contributed by atoms with Gasteiger partial charge in [0.1, 0.15) is 11.5 Å². The van der Waals surface area contributed by atoms with Crippen molar-refractivity contribution in [1.29, 1.82) is 0 Å². The zero-order valence-electron chi connectivity index (χ0n) is 12.4. The maximum absolute atomic E-state index is 6.27. The number of nitrogens with one attached hydrogen (secondary N) is 1. The monoisotopic (exact) mass is 367 g/mol. The molecule has 2 aromatic carbocycles. The van der Waals surface area contributed by atoms with Gasteiger partial charge in [-0.25, -0.2) is 0 Å². The number of halogens is 2. The van der Waals surface area contributed by atoms with E-state index >= 15 is 0 Å². The highest BCUT2D eigenvalue weighted by molar-refractivity contribution is 9.10. The smallest absolute Gasteiger partial charge is 0.130 e. The largest absolute Gasteiger partial charge is 0.457 e. The average molecular weight is 369 g/mol. The fraction of sp³-hybridized carbons (Fsp3) is 0.294. The van der Waals surface area contributed by atoms with Crippen molar-refractivity contribution in [3.8, 4) is 11.5 Å². The second kappa shape index (κ2) is 7.30. The van der Waals surface area contributed by atoms with E-state index in [9.17, 15) is 0 Å². The van der Waals surface area contributed by atoms with Gasteiger partial charge < -0.3 is 10.1 Å². The van der Waals surface area contributed by atoms with Crippen molar-refractivity contribution in [3.63, 3.8) is 0 Å². The van der Waals surface area contributed by atoms with Gasteiger partial charge in [0.25, 0.3) is 0 Å². The minimum absolute atomic E-state index is 0.386. The molecule has 1 N–H and O–H groups in total. The minimum Gasteiger partial charge on any atom is -0.457 e. The molecule has 0 heterocycles. The van der Waals surface area contributed by atoms with E-state index in [1.54, 1.807) is 0 Å². The van der Waals surface area contributed by atoms with Gasteiger partial charge in [-0.3, -0.25) is 0 Å². The molecule has 112 valence electrons. The van der Waals surface area contributed by atoms with E-state index in [4.69, 9.17) is 16.3 Å². The maximum Gasteiger partial charge on any atom is 0.130 e. The summed E-state index contributed by atoms with van der Waals surface area (Å²) in [7, 11) is 1.90. The van der Waals surface area contributed by atoms with E-state index in [1.807, 2.05) is 37.4 Å². The van der Waals surface area contributed by atoms with Crippen LogP contribution in [0.3, 0.4) is 0 Å². The molecule has 0 aliphatic heterocycles. The van der Waals surface area contributed by atoms with Crippen LogP contribution in [0.25, 0.3) is 0 Å². The molecule has 0 aliphatic rings. The number of rotatable bonds is 5. The Morgan fingerprint density at radius 2 is 1.95 bits per heavy atom. The summed E-state index contributed by atoms with van der Waals surface area (Å²) < 4.78 is 7.07. The van der Waals surface area contributed by atoms with Crippen LogP contribution in [0.1, 0.15) is 30.9 Å². The van der Waals surface area contributed by atoms with Gasteiger partial charge in [-0.2, -0.15) is 0 Å². The first kappa shape index (κ1) is 16.3. The second-order valence-corrected chi connectivity index (χ2v) is 6.55. The van der Waals surface area contributed by atoms with E-state index in [-0.39, 0.29) is 0 Å². The lowest BCUT2D eigenvalue weighted by molar-refractivity contribution is 0.472. The normalized spacial score (nSPS) is 11.0. The first-order valence-corrected chi connectivity index (χ1v) is 8.08. The first-order chi connectivity index (χ1) is 10.0. The van der Waals surface area contributed by atoms with Gasteiger partial charge in [0, 0.05) is 16.0 Å². The molecule has 21 heavy (non-hydrogen) atoms. The van der Waals surface area contributed by atoms with E-state index in [2.05, 4.69) is 41.2 Å². The third-order valence-electron chi connectivity index (χ3n) is 3.21. The number of hydrogen-bond acceptors (Lipinski definition) is 2. The third-order valence-corrected chi connectivity index (χ3v) is 4.06. The lowest BCUT2D eigenvalue weighted by Crippen LogP contribution is -2.05. The SMILES string of the molecule is CNCc1ccc(Oc2ccc(Br)cc2C(C)C)cc1Cl. The molecule has 0 radical (unpaired) electrons. The van der Waals surface area contributed by atoms with Crippen LogP contribution in [-0.2, 0) is 6.54 Å². The lowest BCUT2D eigenvalue weighted by Gasteiger charge is -2.15. The van der Waals surface area contributed by atoms with E-state index in [0.29, 0.717) is 10.9 Å². The van der Waals surface area contributed by atoms with Crippen molar-refractivity contribution in [1.82, 2.24) is 5.32 Å². The molecule has 0 unspecified atom stereocenters. The van der Waals surface area contributed by atoms with Crippen LogP contribution >= 0.6 is 27.5 Å². The highest BCUT2D eigenvalue weighted by Crippen LogP contribution is 2.34. The zero-order valence-corrected chi connectivity index (χ0v) is 14.8. The van der Waals surface area contributed by atoms with Crippen molar-refractivity contribution in [2.45, 2.75) is 26.3 Å². The molecule has 0 fully saturated rings. The van der Waals surface area contributed by atoms with Crippen LogP contribution in [0, 0.1) is 0 Å². The molecule has 2 aromatic rings. The predicted molar refractivity (Wildman–Crippen MR) is 92.5 cm³/mol. The molecular weight excluding hydrogens is 350 g/mol. The van der Waals surface area contributed by atoms with E-state index in [1.165, 1.54) is 5.56 Å². The second-order valence-electron chi connectivity index (χ2n) is 5.22. The van der Waals surface area contributed by atoms with Gasteiger partial charge in [0.15, 0.2) is 0 Å². The predicted octanol–water partition coefficient (Wildman–Crippen LogP) is 5.74. The molecule has 0 aliphatic carbocycles. The van der Waals surface area contributed by atoms with Crippen LogP contribution in [0.15, 0.2) is 40.9 Å². The summed E-state index contributed by atoms with van der Waals surface area (Å²) in [6.07, 6.45) is 0. The number of ether oxygens (including phenoxy) is 1. The minimum atomic E-state index is 0.386. The van der Waals surface area contributed by atoms with E-state index < -0.39 is 0 Å². The van der Waals surface area contributed by atoms with Crippen LogP contribution in [0.2, 0.25) is 5.02 Å². The van der Waals surface area contributed by atoms with Gasteiger partial charge in [-0.15, -0.1) is 0 Å². The maximum atomic E-state index is 6.27.